The number of aromatic nitrogens is 1. The van der Waals surface area contributed by atoms with E-state index in [1.807, 2.05) is 48.5 Å². The summed E-state index contributed by atoms with van der Waals surface area (Å²) in [7, 11) is 0. The second-order valence-electron chi connectivity index (χ2n) is 9.14. The van der Waals surface area contributed by atoms with E-state index in [9.17, 15) is 9.18 Å². The van der Waals surface area contributed by atoms with Crippen molar-refractivity contribution in [1.29, 1.82) is 0 Å². The van der Waals surface area contributed by atoms with Crippen LogP contribution in [0, 0.1) is 11.7 Å². The number of halogens is 1. The molecule has 188 valence electrons. The van der Waals surface area contributed by atoms with Crippen molar-refractivity contribution in [3.8, 4) is 17.2 Å². The summed E-state index contributed by atoms with van der Waals surface area (Å²) in [6.45, 7) is 2.89. The molecular formula is C28H30FN3O4. The summed E-state index contributed by atoms with van der Waals surface area (Å²) in [5, 5.41) is 6.30. The minimum Gasteiger partial charge on any atom is -0.493 e. The van der Waals surface area contributed by atoms with Crippen LogP contribution >= 0.6 is 0 Å². The van der Waals surface area contributed by atoms with Crippen LogP contribution in [0.4, 0.5) is 4.39 Å². The number of hydrogen-bond donors (Lipinski definition) is 2. The molecule has 0 aliphatic carbocycles. The Morgan fingerprint density at radius 1 is 1.14 bits per heavy atom. The normalized spacial score (nSPS) is 18.6. The SMILES string of the molecule is O=C(Cc1cc([C@@H]2CCNC[C@H]2CCOc2ccc3c(c2)OCO3)ccc1F)NCc1ccccn1. The highest BCUT2D eigenvalue weighted by Crippen LogP contribution is 2.36. The van der Waals surface area contributed by atoms with Crippen molar-refractivity contribution in [3.63, 3.8) is 0 Å². The molecule has 5 rings (SSSR count). The number of piperidine rings is 1. The summed E-state index contributed by atoms with van der Waals surface area (Å²) in [5.41, 5.74) is 2.25. The molecule has 8 heteroatoms. The number of hydrogen-bond acceptors (Lipinski definition) is 6. The van der Waals surface area contributed by atoms with E-state index in [1.165, 1.54) is 6.07 Å². The van der Waals surface area contributed by atoms with Crippen molar-refractivity contribution < 1.29 is 23.4 Å². The number of benzene rings is 2. The first kappa shape index (κ1) is 24.1. The molecule has 0 radical (unpaired) electrons. The molecule has 2 N–H and O–H groups in total. The fraction of sp³-hybridized carbons (Fsp3) is 0.357. The predicted octanol–water partition coefficient (Wildman–Crippen LogP) is 3.97. The summed E-state index contributed by atoms with van der Waals surface area (Å²) in [4.78, 5) is 16.7. The number of nitrogens with zero attached hydrogens (tertiary/aromatic N) is 1. The van der Waals surface area contributed by atoms with Crippen LogP contribution in [0.1, 0.15) is 35.6 Å². The van der Waals surface area contributed by atoms with Gasteiger partial charge in [-0.3, -0.25) is 9.78 Å². The fourth-order valence-electron chi connectivity index (χ4n) is 4.85. The average Bonchev–Trinajstić information content (AvgIpc) is 3.38. The van der Waals surface area contributed by atoms with Crippen LogP contribution < -0.4 is 24.8 Å². The van der Waals surface area contributed by atoms with Gasteiger partial charge in [-0.05, 0) is 79.2 Å². The number of carbonyl (C=O) groups excluding carboxylic acids is 1. The van der Waals surface area contributed by atoms with Crippen molar-refractivity contribution in [2.75, 3.05) is 26.5 Å². The molecule has 0 spiro atoms. The maximum atomic E-state index is 14.6. The largest absolute Gasteiger partial charge is 0.493 e. The van der Waals surface area contributed by atoms with Crippen molar-refractivity contribution in [2.24, 2.45) is 5.92 Å². The Morgan fingerprint density at radius 2 is 2.06 bits per heavy atom. The molecular weight excluding hydrogens is 461 g/mol. The Bertz CT molecular complexity index is 1190. The number of nitrogens with one attached hydrogen (secondary N) is 2. The van der Waals surface area contributed by atoms with Gasteiger partial charge in [0.05, 0.1) is 25.3 Å². The zero-order chi connectivity index (χ0) is 24.7. The average molecular weight is 492 g/mol. The van der Waals surface area contributed by atoms with Gasteiger partial charge in [-0.15, -0.1) is 0 Å². The van der Waals surface area contributed by atoms with Gasteiger partial charge in [0, 0.05) is 12.3 Å². The van der Waals surface area contributed by atoms with Crippen LogP contribution in [-0.2, 0) is 17.8 Å². The van der Waals surface area contributed by atoms with Crippen LogP contribution in [0.15, 0.2) is 60.8 Å². The lowest BCUT2D eigenvalue weighted by Gasteiger charge is -2.33. The van der Waals surface area contributed by atoms with E-state index in [0.29, 0.717) is 30.4 Å². The number of amides is 1. The molecule has 2 atom stereocenters. The highest BCUT2D eigenvalue weighted by Gasteiger charge is 2.27. The molecule has 0 bridgehead atoms. The van der Waals surface area contributed by atoms with Crippen LogP contribution in [0.3, 0.4) is 0 Å². The van der Waals surface area contributed by atoms with E-state index in [-0.39, 0.29) is 30.9 Å². The lowest BCUT2D eigenvalue weighted by Crippen LogP contribution is -2.36. The molecule has 0 unspecified atom stereocenters. The molecule has 1 amide bonds. The molecule has 7 nitrogen and oxygen atoms in total. The van der Waals surface area contributed by atoms with Crippen LogP contribution in [-0.4, -0.2) is 37.4 Å². The van der Waals surface area contributed by atoms with Gasteiger partial charge >= 0.3 is 0 Å². The predicted molar refractivity (Wildman–Crippen MR) is 133 cm³/mol. The summed E-state index contributed by atoms with van der Waals surface area (Å²) >= 11 is 0. The van der Waals surface area contributed by atoms with Gasteiger partial charge < -0.3 is 24.8 Å². The van der Waals surface area contributed by atoms with Gasteiger partial charge in [0.15, 0.2) is 11.5 Å². The van der Waals surface area contributed by atoms with Gasteiger partial charge in [-0.2, -0.15) is 0 Å². The molecule has 2 aliphatic rings. The van der Waals surface area contributed by atoms with E-state index in [2.05, 4.69) is 15.6 Å². The van der Waals surface area contributed by atoms with Gasteiger partial charge in [0.2, 0.25) is 12.7 Å². The van der Waals surface area contributed by atoms with Gasteiger partial charge in [0.25, 0.3) is 0 Å². The van der Waals surface area contributed by atoms with Crippen LogP contribution in [0.25, 0.3) is 0 Å². The third-order valence-electron chi connectivity index (χ3n) is 6.75. The van der Waals surface area contributed by atoms with Crippen molar-refractivity contribution in [3.05, 3.63) is 83.4 Å². The van der Waals surface area contributed by atoms with Crippen molar-refractivity contribution in [2.45, 2.75) is 31.7 Å². The van der Waals surface area contributed by atoms with E-state index < -0.39 is 0 Å². The molecule has 0 saturated carbocycles. The van der Waals surface area contributed by atoms with Crippen molar-refractivity contribution >= 4 is 5.91 Å². The maximum absolute atomic E-state index is 14.6. The van der Waals surface area contributed by atoms with Gasteiger partial charge in [-0.25, -0.2) is 4.39 Å². The molecule has 3 aromatic rings. The van der Waals surface area contributed by atoms with Gasteiger partial charge in [0.1, 0.15) is 11.6 Å². The van der Waals surface area contributed by atoms with E-state index in [1.54, 1.807) is 6.20 Å². The smallest absolute Gasteiger partial charge is 0.231 e. The molecule has 1 aromatic heterocycles. The summed E-state index contributed by atoms with van der Waals surface area (Å²) in [5.74, 6) is 2.20. The topological polar surface area (TPSA) is 81.7 Å². The molecule has 1 saturated heterocycles. The Morgan fingerprint density at radius 3 is 2.94 bits per heavy atom. The summed E-state index contributed by atoms with van der Waals surface area (Å²) in [6.07, 6.45) is 3.48. The molecule has 2 aliphatic heterocycles. The summed E-state index contributed by atoms with van der Waals surface area (Å²) in [6, 6.07) is 16.3. The van der Waals surface area contributed by atoms with E-state index >= 15 is 0 Å². The second-order valence-corrected chi connectivity index (χ2v) is 9.14. The van der Waals surface area contributed by atoms with Crippen LogP contribution in [0.5, 0.6) is 17.2 Å². The minimum absolute atomic E-state index is 0.00459. The van der Waals surface area contributed by atoms with Crippen LogP contribution in [0.2, 0.25) is 0 Å². The molecule has 2 aromatic carbocycles. The Balaban J connectivity index is 1.19. The Labute approximate surface area is 210 Å². The molecule has 36 heavy (non-hydrogen) atoms. The first-order chi connectivity index (χ1) is 17.7. The van der Waals surface area contributed by atoms with E-state index in [0.717, 1.165) is 48.7 Å². The number of ether oxygens (including phenoxy) is 3. The van der Waals surface area contributed by atoms with E-state index in [4.69, 9.17) is 14.2 Å². The highest BCUT2D eigenvalue weighted by atomic mass is 19.1. The van der Waals surface area contributed by atoms with Gasteiger partial charge in [-0.1, -0.05) is 18.2 Å². The minimum atomic E-state index is -0.358. The molecule has 3 heterocycles. The van der Waals surface area contributed by atoms with Crippen molar-refractivity contribution in [1.82, 2.24) is 15.6 Å². The zero-order valence-corrected chi connectivity index (χ0v) is 20.0. The number of carbonyl (C=O) groups is 1. The monoisotopic (exact) mass is 491 g/mol. The third kappa shape index (κ3) is 5.94. The number of rotatable bonds is 9. The third-order valence-corrected chi connectivity index (χ3v) is 6.75. The highest BCUT2D eigenvalue weighted by molar-refractivity contribution is 5.78. The standard InChI is InChI=1S/C28H30FN3O4/c29-25-6-4-19(13-21(25)14-28(33)32-17-22-3-1-2-10-31-22)24-8-11-30-16-20(24)9-12-34-23-5-7-26-27(15-23)36-18-35-26/h1-7,10,13,15,20,24,30H,8-9,11-12,14,16-18H2,(H,32,33)/t20-,24+/m1/s1. The second kappa shape index (κ2) is 11.4. The maximum Gasteiger partial charge on any atom is 0.231 e. The quantitative estimate of drug-likeness (QED) is 0.472. The first-order valence-corrected chi connectivity index (χ1v) is 12.3. The fourth-order valence-corrected chi connectivity index (χ4v) is 4.85. The summed E-state index contributed by atoms with van der Waals surface area (Å²) < 4.78 is 31.4. The Hall–Kier alpha value is -3.65. The first-order valence-electron chi connectivity index (χ1n) is 12.3. The lowest BCUT2D eigenvalue weighted by atomic mass is 9.79. The zero-order valence-electron chi connectivity index (χ0n) is 20.0. The lowest BCUT2D eigenvalue weighted by molar-refractivity contribution is -0.120. The number of pyridine rings is 1. The molecule has 1 fully saturated rings. The number of fused-ring (bicyclic) bond motifs is 1. The Kier molecular flexibility index (Phi) is 7.61.